The Labute approximate surface area is 360 Å². The Morgan fingerprint density at radius 2 is 1.11 bits per heavy atom. The molecule has 0 saturated heterocycles. The molecule has 3 aromatic heterocycles. The lowest BCUT2D eigenvalue weighted by molar-refractivity contribution is 0.0920. The van der Waals surface area contributed by atoms with Crippen molar-refractivity contribution >= 4 is 73.3 Å². The zero-order valence-corrected chi connectivity index (χ0v) is 34.2. The number of amides is 1. The average molecular weight is 831 g/mol. The van der Waals surface area contributed by atoms with Crippen molar-refractivity contribution in [2.24, 2.45) is 0 Å². The Morgan fingerprint density at radius 3 is 1.74 bits per heavy atom. The number of halogens is 1. The fraction of sp³-hybridized carbons (Fsp3) is 0.0577. The van der Waals surface area contributed by atoms with E-state index in [1.165, 1.54) is 0 Å². The minimum atomic E-state index is -0.262. The van der Waals surface area contributed by atoms with E-state index in [2.05, 4.69) is 10.3 Å². The number of pyridine rings is 3. The van der Waals surface area contributed by atoms with E-state index < -0.39 is 0 Å². The molecule has 0 atom stereocenters. The molecule has 0 radical (unpaired) electrons. The van der Waals surface area contributed by atoms with E-state index in [1.807, 2.05) is 141 Å². The van der Waals surface area contributed by atoms with Gasteiger partial charge in [-0.3, -0.25) is 28.5 Å². The van der Waals surface area contributed by atoms with Gasteiger partial charge in [-0.25, -0.2) is 9.97 Å². The van der Waals surface area contributed by atoms with Crippen LogP contribution in [0.5, 0.6) is 0 Å². The standard InChI is InChI=1S/C26H16N2O2.C17H13ClN2O.C9H6O2/c1-15-8-7-9-16-14-20-23(27-22(15)16)21-24(18-12-5-6-13-19(18)25(21)29)28(26(20)30)17-10-3-2-4-11-17;1-11-6-5-7-12-10-14(16(18)20-15(11)12)17(21)19-13-8-3-2-4-9-13;10-8-5-9(11)7-4-2-1-3-6(7)8/h2-14H,1H3;2-10H,1H3,(H,19,21);1-4H,5H2. The molecule has 0 saturated carbocycles. The molecule has 0 bridgehead atoms. The van der Waals surface area contributed by atoms with Crippen LogP contribution in [0.4, 0.5) is 5.69 Å². The smallest absolute Gasteiger partial charge is 0.265 e. The van der Waals surface area contributed by atoms with Crippen molar-refractivity contribution in [3.05, 3.63) is 212 Å². The molecular weight excluding hydrogens is 796 g/mol. The summed E-state index contributed by atoms with van der Waals surface area (Å²) in [5, 5.41) is 5.27. The summed E-state index contributed by atoms with van der Waals surface area (Å²) in [7, 11) is 0. The summed E-state index contributed by atoms with van der Waals surface area (Å²) in [6.45, 7) is 3.96. The molecule has 0 aliphatic heterocycles. The maximum atomic E-state index is 13.7. The number of nitrogens with zero attached hydrogens (tertiary/aromatic N) is 3. The van der Waals surface area contributed by atoms with E-state index >= 15 is 0 Å². The van der Waals surface area contributed by atoms with Gasteiger partial charge < -0.3 is 5.32 Å². The van der Waals surface area contributed by atoms with Crippen LogP contribution in [0.3, 0.4) is 0 Å². The highest BCUT2D eigenvalue weighted by Crippen LogP contribution is 2.40. The van der Waals surface area contributed by atoms with Crippen LogP contribution >= 0.6 is 11.6 Å². The zero-order chi connectivity index (χ0) is 43.1. The van der Waals surface area contributed by atoms with Gasteiger partial charge in [-0.05, 0) is 61.4 Å². The number of hydrogen-bond acceptors (Lipinski definition) is 7. The first-order valence-corrected chi connectivity index (χ1v) is 20.2. The first kappa shape index (κ1) is 39.6. The van der Waals surface area contributed by atoms with Crippen LogP contribution in [-0.2, 0) is 0 Å². The highest BCUT2D eigenvalue weighted by molar-refractivity contribution is 6.34. The predicted octanol–water partition coefficient (Wildman–Crippen LogP) is 11.0. The van der Waals surface area contributed by atoms with E-state index in [4.69, 9.17) is 16.6 Å². The summed E-state index contributed by atoms with van der Waals surface area (Å²) in [5.74, 6) is -0.450. The third kappa shape index (κ3) is 7.14. The maximum Gasteiger partial charge on any atom is 0.265 e. The largest absolute Gasteiger partial charge is 0.322 e. The molecule has 11 rings (SSSR count). The van der Waals surface area contributed by atoms with Crippen molar-refractivity contribution in [2.45, 2.75) is 20.3 Å². The molecule has 0 spiro atoms. The number of Topliss-reactive ketones (excluding diaryl/α,β-unsaturated/α-hetero) is 2. The molecule has 1 N–H and O–H groups in total. The normalized spacial score (nSPS) is 12.3. The Balaban J connectivity index is 0.000000132. The number of anilines is 1. The summed E-state index contributed by atoms with van der Waals surface area (Å²) in [4.78, 5) is 70.8. The highest BCUT2D eigenvalue weighted by Gasteiger charge is 2.34. The predicted molar refractivity (Wildman–Crippen MR) is 244 cm³/mol. The summed E-state index contributed by atoms with van der Waals surface area (Å²) < 4.78 is 1.66. The zero-order valence-electron chi connectivity index (χ0n) is 33.5. The van der Waals surface area contributed by atoms with Crippen molar-refractivity contribution < 1.29 is 19.2 Å². The minimum Gasteiger partial charge on any atom is -0.322 e. The number of aryl methyl sites for hydroxylation is 2. The quantitative estimate of drug-likeness (QED) is 0.107. The monoisotopic (exact) mass is 830 g/mol. The minimum absolute atomic E-state index is 0.0504. The number of benzene rings is 6. The second kappa shape index (κ2) is 16.3. The van der Waals surface area contributed by atoms with E-state index in [0.717, 1.165) is 49.9 Å². The third-order valence-electron chi connectivity index (χ3n) is 11.0. The molecule has 6 aromatic carbocycles. The van der Waals surface area contributed by atoms with Crippen molar-refractivity contribution in [1.82, 2.24) is 14.5 Å². The number of nitrogens with one attached hydrogen (secondary N) is 1. The Bertz CT molecular complexity index is 3350. The van der Waals surface area contributed by atoms with Crippen LogP contribution in [-0.4, -0.2) is 37.8 Å². The molecule has 10 heteroatoms. The lowest BCUT2D eigenvalue weighted by Gasteiger charge is -2.15. The number of carbonyl (C=O) groups excluding carboxylic acids is 4. The molecule has 1 amide bonds. The number of aromatic nitrogens is 3. The molecule has 2 aliphatic rings. The molecular formula is C52H35ClN4O5. The van der Waals surface area contributed by atoms with Gasteiger partial charge in [0.2, 0.25) is 0 Å². The van der Waals surface area contributed by atoms with Crippen LogP contribution in [0.15, 0.2) is 163 Å². The van der Waals surface area contributed by atoms with E-state index in [1.54, 1.807) is 34.9 Å². The Kier molecular flexibility index (Phi) is 10.4. The van der Waals surface area contributed by atoms with Crippen LogP contribution in [0.2, 0.25) is 5.15 Å². The number of rotatable bonds is 3. The lowest BCUT2D eigenvalue weighted by Crippen LogP contribution is -2.22. The number of hydrogen-bond donors (Lipinski definition) is 1. The van der Waals surface area contributed by atoms with Crippen LogP contribution in [0.25, 0.3) is 49.7 Å². The van der Waals surface area contributed by atoms with Crippen molar-refractivity contribution in [2.75, 3.05) is 5.32 Å². The average Bonchev–Trinajstić information content (AvgIpc) is 3.75. The highest BCUT2D eigenvalue weighted by atomic mass is 35.5. The van der Waals surface area contributed by atoms with Gasteiger partial charge in [0.05, 0.1) is 45.2 Å². The summed E-state index contributed by atoms with van der Waals surface area (Å²) >= 11 is 6.16. The van der Waals surface area contributed by atoms with Gasteiger partial charge in [-0.2, -0.15) is 0 Å². The Morgan fingerprint density at radius 1 is 0.581 bits per heavy atom. The first-order chi connectivity index (χ1) is 30.1. The van der Waals surface area contributed by atoms with Crippen molar-refractivity contribution in [1.29, 1.82) is 0 Å². The summed E-state index contributed by atoms with van der Waals surface area (Å²) in [5.41, 5.74) is 9.48. The first-order valence-electron chi connectivity index (χ1n) is 19.9. The second-order valence-electron chi connectivity index (χ2n) is 15.0. The molecule has 300 valence electrons. The van der Waals surface area contributed by atoms with Crippen LogP contribution < -0.4 is 10.9 Å². The van der Waals surface area contributed by atoms with Gasteiger partial charge in [0.25, 0.3) is 11.5 Å². The number of ketones is 3. The fourth-order valence-corrected chi connectivity index (χ4v) is 8.20. The van der Waals surface area contributed by atoms with Crippen LogP contribution in [0.1, 0.15) is 64.5 Å². The molecule has 0 unspecified atom stereocenters. The Hall–Kier alpha value is -7.88. The van der Waals surface area contributed by atoms with Crippen LogP contribution in [0, 0.1) is 13.8 Å². The summed E-state index contributed by atoms with van der Waals surface area (Å²) in [6.07, 6.45) is 0.0549. The number of para-hydroxylation sites is 4. The van der Waals surface area contributed by atoms with Gasteiger partial charge in [-0.1, -0.05) is 133 Å². The van der Waals surface area contributed by atoms with Gasteiger partial charge in [0, 0.05) is 44.4 Å². The molecule has 62 heavy (non-hydrogen) atoms. The van der Waals surface area contributed by atoms with Gasteiger partial charge in [-0.15, -0.1) is 0 Å². The van der Waals surface area contributed by atoms with Crippen molar-refractivity contribution in [3.8, 4) is 16.9 Å². The summed E-state index contributed by atoms with van der Waals surface area (Å²) in [6, 6.07) is 48.5. The van der Waals surface area contributed by atoms with Gasteiger partial charge in [0.1, 0.15) is 5.15 Å². The number of fused-ring (bicyclic) bond motifs is 8. The second-order valence-corrected chi connectivity index (χ2v) is 15.3. The number of carbonyl (C=O) groups is 4. The SMILES string of the molecule is Cc1cccc2cc(C(=O)Nc3ccccc3)c(Cl)nc12.Cc1cccc2cc3c(=O)n(-c4ccccc4)c4c(c3nc12)C(=O)c1ccccc1-4.O=C1CC(=O)c2ccccc21. The fourth-order valence-electron chi connectivity index (χ4n) is 7.97. The van der Waals surface area contributed by atoms with E-state index in [-0.39, 0.29) is 40.4 Å². The molecule has 2 aliphatic carbocycles. The van der Waals surface area contributed by atoms with E-state index in [9.17, 15) is 24.0 Å². The van der Waals surface area contributed by atoms with E-state index in [0.29, 0.717) is 44.4 Å². The molecule has 9 nitrogen and oxygen atoms in total. The molecule has 0 fully saturated rings. The topological polar surface area (TPSA) is 128 Å². The third-order valence-corrected chi connectivity index (χ3v) is 11.3. The van der Waals surface area contributed by atoms with Gasteiger partial charge in [0.15, 0.2) is 17.3 Å². The molecule has 3 heterocycles. The maximum absolute atomic E-state index is 13.7. The molecule has 9 aromatic rings. The van der Waals surface area contributed by atoms with Crippen molar-refractivity contribution in [3.63, 3.8) is 0 Å². The lowest BCUT2D eigenvalue weighted by atomic mass is 10.0. The van der Waals surface area contributed by atoms with Gasteiger partial charge >= 0.3 is 0 Å².